The number of alkyl carbamates (subject to hydrolysis) is 1. The molecule has 44 heavy (non-hydrogen) atoms. The molecule has 0 saturated carbocycles. The fraction of sp³-hybridized carbons (Fsp3) is 0.735. The summed E-state index contributed by atoms with van der Waals surface area (Å²) in [6.45, 7) is 17.3. The Kier molecular flexibility index (Phi) is 18.0. The molecule has 4 N–H and O–H groups in total. The van der Waals surface area contributed by atoms with Crippen LogP contribution in [0.4, 0.5) is 4.79 Å². The first-order valence-electron chi connectivity index (χ1n) is 16.1. The normalized spacial score (nSPS) is 14.5. The number of methoxy groups -OCH3 is 1. The van der Waals surface area contributed by atoms with Gasteiger partial charge in [-0.1, -0.05) is 53.2 Å². The summed E-state index contributed by atoms with van der Waals surface area (Å²) in [5.74, 6) is -0.284. The lowest BCUT2D eigenvalue weighted by molar-refractivity contribution is -0.127. The Bertz CT molecular complexity index is 993. The van der Waals surface area contributed by atoms with Crippen molar-refractivity contribution < 1.29 is 33.7 Å². The third kappa shape index (κ3) is 15.2. The highest BCUT2D eigenvalue weighted by atomic mass is 16.6. The van der Waals surface area contributed by atoms with Gasteiger partial charge in [-0.25, -0.2) is 4.79 Å². The highest BCUT2D eigenvalue weighted by Crippen LogP contribution is 2.25. The molecule has 10 heteroatoms. The summed E-state index contributed by atoms with van der Waals surface area (Å²) in [6, 6.07) is 6.40. The lowest BCUT2D eigenvalue weighted by Crippen LogP contribution is -2.49. The smallest absolute Gasteiger partial charge is 0.407 e. The van der Waals surface area contributed by atoms with Gasteiger partial charge in [0.1, 0.15) is 11.4 Å². The highest BCUT2D eigenvalue weighted by molar-refractivity contribution is 5.96. The number of para-hydroxylation sites is 1. The topological polar surface area (TPSA) is 135 Å². The van der Waals surface area contributed by atoms with Crippen LogP contribution in [0.25, 0.3) is 0 Å². The van der Waals surface area contributed by atoms with E-state index in [0.717, 1.165) is 12.8 Å². The molecule has 1 aromatic rings. The summed E-state index contributed by atoms with van der Waals surface area (Å²) in [6.07, 6.45) is 1.46. The molecule has 0 fully saturated rings. The lowest BCUT2D eigenvalue weighted by atomic mass is 9.82. The third-order valence-corrected chi connectivity index (χ3v) is 7.54. The summed E-state index contributed by atoms with van der Waals surface area (Å²) < 4.78 is 16.4. The van der Waals surface area contributed by atoms with Gasteiger partial charge in [-0.05, 0) is 69.9 Å². The van der Waals surface area contributed by atoms with Crippen LogP contribution in [0, 0.1) is 23.7 Å². The Morgan fingerprint density at radius 1 is 0.932 bits per heavy atom. The zero-order chi connectivity index (χ0) is 33.3. The minimum Gasteiger partial charge on any atom is -0.493 e. The van der Waals surface area contributed by atoms with E-state index < -0.39 is 29.8 Å². The highest BCUT2D eigenvalue weighted by Gasteiger charge is 2.33. The quantitative estimate of drug-likeness (QED) is 0.145. The Balaban J connectivity index is 3.09. The fourth-order valence-electron chi connectivity index (χ4n) is 4.80. The predicted molar refractivity (Wildman–Crippen MR) is 174 cm³/mol. The molecule has 0 spiro atoms. The zero-order valence-corrected chi connectivity index (χ0v) is 28.5. The van der Waals surface area contributed by atoms with Crippen molar-refractivity contribution in [3.8, 4) is 5.75 Å². The molecular formula is C34H59N3O7. The Morgan fingerprint density at radius 2 is 1.61 bits per heavy atom. The van der Waals surface area contributed by atoms with Gasteiger partial charge in [-0.2, -0.15) is 0 Å². The first-order valence-corrected chi connectivity index (χ1v) is 16.1. The van der Waals surface area contributed by atoms with Gasteiger partial charge < -0.3 is 35.3 Å². The van der Waals surface area contributed by atoms with E-state index in [1.807, 2.05) is 33.8 Å². The number of hydrogen-bond donors (Lipinski definition) is 4. The van der Waals surface area contributed by atoms with E-state index in [1.54, 1.807) is 46.1 Å². The van der Waals surface area contributed by atoms with Crippen LogP contribution in [0.5, 0.6) is 5.75 Å². The molecule has 1 rings (SSSR count). The first-order chi connectivity index (χ1) is 20.7. The summed E-state index contributed by atoms with van der Waals surface area (Å²) in [7, 11) is 1.63. The molecule has 0 aliphatic heterocycles. The average Bonchev–Trinajstić information content (AvgIpc) is 2.94. The Morgan fingerprint density at radius 3 is 2.20 bits per heavy atom. The molecule has 0 aliphatic rings. The number of unbranched alkanes of at least 4 members (excludes halogenated alkanes) is 1. The van der Waals surface area contributed by atoms with E-state index in [1.165, 1.54) is 0 Å². The summed E-state index contributed by atoms with van der Waals surface area (Å²) >= 11 is 0. The van der Waals surface area contributed by atoms with Gasteiger partial charge in [-0.15, -0.1) is 0 Å². The maximum Gasteiger partial charge on any atom is 0.407 e. The van der Waals surface area contributed by atoms with Crippen LogP contribution in [0.2, 0.25) is 0 Å². The van der Waals surface area contributed by atoms with Crippen molar-refractivity contribution in [3.63, 3.8) is 0 Å². The van der Waals surface area contributed by atoms with Gasteiger partial charge in [0.25, 0.3) is 5.91 Å². The molecule has 0 heterocycles. The predicted octanol–water partition coefficient (Wildman–Crippen LogP) is 5.33. The summed E-state index contributed by atoms with van der Waals surface area (Å²) in [5.41, 5.74) is -0.284. The largest absolute Gasteiger partial charge is 0.493 e. The average molecular weight is 622 g/mol. The number of carbonyl (C=O) groups excluding carboxylic acids is 3. The van der Waals surface area contributed by atoms with Gasteiger partial charge >= 0.3 is 6.09 Å². The number of rotatable bonds is 20. The van der Waals surface area contributed by atoms with Crippen LogP contribution >= 0.6 is 0 Å². The summed E-state index contributed by atoms with van der Waals surface area (Å²) in [4.78, 5) is 39.1. The van der Waals surface area contributed by atoms with Crippen molar-refractivity contribution in [2.75, 3.05) is 33.4 Å². The van der Waals surface area contributed by atoms with E-state index in [0.29, 0.717) is 50.5 Å². The number of amides is 3. The molecule has 0 unspecified atom stereocenters. The summed E-state index contributed by atoms with van der Waals surface area (Å²) in [5, 5.41) is 20.4. The molecule has 0 saturated heterocycles. The number of hydrogen-bond acceptors (Lipinski definition) is 7. The van der Waals surface area contributed by atoms with Crippen LogP contribution in [0.15, 0.2) is 24.3 Å². The minimum absolute atomic E-state index is 0.00887. The second kappa shape index (κ2) is 20.2. The number of aliphatic hydroxyl groups is 1. The van der Waals surface area contributed by atoms with Gasteiger partial charge in [0.05, 0.1) is 24.3 Å². The molecule has 0 bridgehead atoms. The SMILES string of the molecule is CCCCNC(=O)[C@@H](C[C@H](O)[C@H](C[C@H](CNC(=O)c1ccccc1OCCCOC)C(C)C)NC(=O)OC(C)(C)C)C(C)C. The van der Waals surface area contributed by atoms with Crippen molar-refractivity contribution in [1.82, 2.24) is 16.0 Å². The molecule has 0 radical (unpaired) electrons. The van der Waals surface area contributed by atoms with Crippen molar-refractivity contribution in [3.05, 3.63) is 29.8 Å². The number of nitrogens with one attached hydrogen (secondary N) is 3. The van der Waals surface area contributed by atoms with Gasteiger partial charge in [0.15, 0.2) is 0 Å². The second-order valence-electron chi connectivity index (χ2n) is 13.2. The number of benzene rings is 1. The molecule has 10 nitrogen and oxygen atoms in total. The number of aliphatic hydroxyl groups excluding tert-OH is 1. The monoisotopic (exact) mass is 621 g/mol. The molecule has 252 valence electrons. The van der Waals surface area contributed by atoms with E-state index in [-0.39, 0.29) is 36.0 Å². The van der Waals surface area contributed by atoms with Crippen LogP contribution in [-0.2, 0) is 14.3 Å². The Hall–Kier alpha value is -2.85. The van der Waals surface area contributed by atoms with Crippen LogP contribution < -0.4 is 20.7 Å². The van der Waals surface area contributed by atoms with Crippen LogP contribution in [0.1, 0.15) is 97.9 Å². The lowest BCUT2D eigenvalue weighted by Gasteiger charge is -2.33. The van der Waals surface area contributed by atoms with Crippen LogP contribution in [-0.4, -0.2) is 74.2 Å². The molecule has 1 aromatic carbocycles. The van der Waals surface area contributed by atoms with E-state index >= 15 is 0 Å². The second-order valence-corrected chi connectivity index (χ2v) is 13.2. The van der Waals surface area contributed by atoms with Crippen molar-refractivity contribution >= 4 is 17.9 Å². The molecular weight excluding hydrogens is 562 g/mol. The molecule has 0 aliphatic carbocycles. The van der Waals surface area contributed by atoms with E-state index in [9.17, 15) is 19.5 Å². The fourth-order valence-corrected chi connectivity index (χ4v) is 4.80. The third-order valence-electron chi connectivity index (χ3n) is 7.54. The molecule has 0 aromatic heterocycles. The molecule has 4 atom stereocenters. The zero-order valence-electron chi connectivity index (χ0n) is 28.5. The van der Waals surface area contributed by atoms with Crippen LogP contribution in [0.3, 0.4) is 0 Å². The number of carbonyl (C=O) groups is 3. The van der Waals surface area contributed by atoms with E-state index in [2.05, 4.69) is 22.9 Å². The maximum absolute atomic E-state index is 13.2. The minimum atomic E-state index is -1.01. The van der Waals surface area contributed by atoms with E-state index in [4.69, 9.17) is 14.2 Å². The van der Waals surface area contributed by atoms with Crippen molar-refractivity contribution in [2.24, 2.45) is 23.7 Å². The Labute approximate surface area is 265 Å². The van der Waals surface area contributed by atoms with Gasteiger partial charge in [0.2, 0.25) is 5.91 Å². The van der Waals surface area contributed by atoms with Crippen molar-refractivity contribution in [1.29, 1.82) is 0 Å². The standard InChI is InChI=1S/C34H59N3O7/c1-10-11-17-35-32(40)27(24(4)5)21-29(38)28(37-33(41)44-34(6,7)8)20-25(23(2)3)22-36-31(39)26-15-12-13-16-30(26)43-19-14-18-42-9/h12-13,15-16,23-25,27-29,38H,10-11,14,17-22H2,1-9H3,(H,35,40)(H,36,39)(H,37,41)/t25-,27+,28+,29+/m1/s1. The molecule has 3 amide bonds. The van der Waals surface area contributed by atoms with Gasteiger partial charge in [-0.3, -0.25) is 9.59 Å². The van der Waals surface area contributed by atoms with Crippen molar-refractivity contribution in [2.45, 2.75) is 105 Å². The first kappa shape index (κ1) is 39.2. The maximum atomic E-state index is 13.2. The van der Waals surface area contributed by atoms with Gasteiger partial charge in [0, 0.05) is 39.1 Å². The number of ether oxygens (including phenoxy) is 3.